The summed E-state index contributed by atoms with van der Waals surface area (Å²) < 4.78 is 0. The van der Waals surface area contributed by atoms with E-state index in [0.717, 1.165) is 10.9 Å². The molecule has 0 fully saturated rings. The van der Waals surface area contributed by atoms with E-state index in [1.807, 2.05) is 18.2 Å². The lowest BCUT2D eigenvalue weighted by molar-refractivity contribution is -0.142. The van der Waals surface area contributed by atoms with Gasteiger partial charge in [0.2, 0.25) is 17.7 Å². The predicted molar refractivity (Wildman–Crippen MR) is 151 cm³/mol. The van der Waals surface area contributed by atoms with Crippen molar-refractivity contribution in [3.05, 3.63) is 65.9 Å². The Morgan fingerprint density at radius 2 is 1.44 bits per heavy atom. The van der Waals surface area contributed by atoms with Crippen LogP contribution in [0.25, 0.3) is 10.9 Å². The van der Waals surface area contributed by atoms with Crippen LogP contribution in [0.2, 0.25) is 0 Å². The number of carbonyl (C=O) groups excluding carboxylic acids is 3. The van der Waals surface area contributed by atoms with Gasteiger partial charge in [-0.3, -0.25) is 19.2 Å². The highest BCUT2D eigenvalue weighted by Crippen LogP contribution is 2.19. The number of carboxylic acid groups (broad SMARTS) is 2. The molecule has 4 unspecified atom stereocenters. The number of H-pyrrole nitrogens is 1. The number of fused-ring (bicyclic) bond motifs is 1. The Balaban J connectivity index is 1.82. The highest BCUT2D eigenvalue weighted by atomic mass is 32.1. The van der Waals surface area contributed by atoms with Crippen molar-refractivity contribution < 1.29 is 39.3 Å². The van der Waals surface area contributed by atoms with Gasteiger partial charge in [0, 0.05) is 35.7 Å². The van der Waals surface area contributed by atoms with Crippen molar-refractivity contribution in [3.8, 4) is 5.75 Å². The van der Waals surface area contributed by atoms with Crippen molar-refractivity contribution in [2.24, 2.45) is 5.73 Å². The number of aromatic amines is 1. The Labute approximate surface area is 239 Å². The van der Waals surface area contributed by atoms with Crippen LogP contribution in [0.5, 0.6) is 5.75 Å². The summed E-state index contributed by atoms with van der Waals surface area (Å²) >= 11 is 4.09. The molecule has 2 aromatic carbocycles. The Morgan fingerprint density at radius 3 is 2.07 bits per heavy atom. The summed E-state index contributed by atoms with van der Waals surface area (Å²) in [5.41, 5.74) is 7.58. The van der Waals surface area contributed by atoms with Crippen LogP contribution in [-0.4, -0.2) is 79.9 Å². The van der Waals surface area contributed by atoms with E-state index in [9.17, 15) is 34.2 Å². The number of benzene rings is 2. The molecule has 0 spiro atoms. The van der Waals surface area contributed by atoms with Crippen LogP contribution in [0.3, 0.4) is 0 Å². The SMILES string of the molecule is NC(CC(=O)O)C(=O)NC(CS)C(=O)NC(Cc1c[nH]c2ccccc12)C(=O)NC(Cc1ccc(O)cc1)C(=O)O. The third kappa shape index (κ3) is 8.71. The average molecular weight is 586 g/mol. The van der Waals surface area contributed by atoms with Crippen molar-refractivity contribution in [3.63, 3.8) is 0 Å². The molecule has 9 N–H and O–H groups in total. The number of aliphatic carboxylic acids is 2. The number of hydrogen-bond donors (Lipinski definition) is 9. The minimum atomic E-state index is -1.41. The number of amides is 3. The normalized spacial score (nSPS) is 13.9. The van der Waals surface area contributed by atoms with Gasteiger partial charge in [0.25, 0.3) is 0 Å². The highest BCUT2D eigenvalue weighted by molar-refractivity contribution is 7.80. The maximum Gasteiger partial charge on any atom is 0.326 e. The first-order valence-corrected chi connectivity index (χ1v) is 13.2. The summed E-state index contributed by atoms with van der Waals surface area (Å²) in [6.07, 6.45) is 0.895. The second-order valence-electron chi connectivity index (χ2n) is 9.34. The van der Waals surface area contributed by atoms with Crippen LogP contribution in [0.1, 0.15) is 17.5 Å². The number of phenolic OH excluding ortho intramolecular Hbond substituents is 1. The summed E-state index contributed by atoms with van der Waals surface area (Å²) in [4.78, 5) is 64.8. The van der Waals surface area contributed by atoms with Gasteiger partial charge < -0.3 is 42.0 Å². The van der Waals surface area contributed by atoms with Crippen LogP contribution in [0.4, 0.5) is 0 Å². The van der Waals surface area contributed by atoms with Gasteiger partial charge >= 0.3 is 11.9 Å². The number of carboxylic acids is 2. The highest BCUT2D eigenvalue weighted by Gasteiger charge is 2.31. The molecule has 3 aromatic rings. The van der Waals surface area contributed by atoms with Crippen molar-refractivity contribution >= 4 is 53.2 Å². The number of carbonyl (C=O) groups is 5. The van der Waals surface area contributed by atoms with Crippen molar-refractivity contribution in [2.45, 2.75) is 43.4 Å². The fourth-order valence-corrected chi connectivity index (χ4v) is 4.35. The molecule has 1 aromatic heterocycles. The number of para-hydroxylation sites is 1. The third-order valence-electron chi connectivity index (χ3n) is 6.27. The van der Waals surface area contributed by atoms with Gasteiger partial charge in [-0.25, -0.2) is 4.79 Å². The maximum absolute atomic E-state index is 13.4. The minimum Gasteiger partial charge on any atom is -0.508 e. The third-order valence-corrected chi connectivity index (χ3v) is 6.63. The molecule has 3 rings (SSSR count). The van der Waals surface area contributed by atoms with E-state index in [4.69, 9.17) is 10.8 Å². The molecule has 0 saturated carbocycles. The number of nitrogens with two attached hydrogens (primary N) is 1. The quantitative estimate of drug-likeness (QED) is 0.115. The maximum atomic E-state index is 13.4. The zero-order chi connectivity index (χ0) is 30.1. The van der Waals surface area contributed by atoms with Crippen molar-refractivity contribution in [1.82, 2.24) is 20.9 Å². The molecule has 0 bridgehead atoms. The summed E-state index contributed by atoms with van der Waals surface area (Å²) in [6, 6.07) is 7.81. The second kappa shape index (κ2) is 14.2. The van der Waals surface area contributed by atoms with Crippen LogP contribution < -0.4 is 21.7 Å². The number of aromatic hydroxyl groups is 1. The lowest BCUT2D eigenvalue weighted by Gasteiger charge is -2.24. The fourth-order valence-electron chi connectivity index (χ4n) is 4.10. The number of hydrogen-bond acceptors (Lipinski definition) is 8. The molecular weight excluding hydrogens is 554 g/mol. The first-order valence-electron chi connectivity index (χ1n) is 12.5. The van der Waals surface area contributed by atoms with E-state index < -0.39 is 60.2 Å². The van der Waals surface area contributed by atoms with Crippen LogP contribution in [-0.2, 0) is 36.8 Å². The van der Waals surface area contributed by atoms with Crippen LogP contribution in [0, 0.1) is 0 Å². The molecule has 0 aliphatic rings. The largest absolute Gasteiger partial charge is 0.508 e. The van der Waals surface area contributed by atoms with Gasteiger partial charge in [0.1, 0.15) is 23.9 Å². The summed E-state index contributed by atoms with van der Waals surface area (Å²) in [6.45, 7) is 0. The Kier molecular flexibility index (Phi) is 10.7. The van der Waals surface area contributed by atoms with E-state index in [1.54, 1.807) is 12.3 Å². The molecule has 1 heterocycles. The number of phenols is 1. The standard InChI is InChI=1S/C27H31N5O8S/c28-18(11-23(34)35)24(36)32-22(13-41)26(38)30-20(10-15-12-29-19-4-2-1-3-17(15)19)25(37)31-21(27(39)40)9-14-5-7-16(33)8-6-14/h1-8,12,18,20-22,29,33,41H,9-11,13,28H2,(H,30,38)(H,31,37)(H,32,36)(H,34,35)(H,39,40). The van der Waals surface area contributed by atoms with Crippen LogP contribution in [0.15, 0.2) is 54.7 Å². The van der Waals surface area contributed by atoms with Gasteiger partial charge in [-0.05, 0) is 29.3 Å². The van der Waals surface area contributed by atoms with Gasteiger partial charge in [-0.1, -0.05) is 30.3 Å². The first kappa shape index (κ1) is 31.0. The zero-order valence-electron chi connectivity index (χ0n) is 21.7. The molecular formula is C27H31N5O8S. The van der Waals surface area contributed by atoms with Gasteiger partial charge in [0.15, 0.2) is 0 Å². The molecule has 0 aliphatic heterocycles. The fraction of sp³-hybridized carbons (Fsp3) is 0.296. The molecule has 0 saturated heterocycles. The topological polar surface area (TPSA) is 224 Å². The second-order valence-corrected chi connectivity index (χ2v) is 9.71. The molecule has 13 nitrogen and oxygen atoms in total. The summed E-state index contributed by atoms with van der Waals surface area (Å²) in [5.74, 6) is -5.29. The predicted octanol–water partition coefficient (Wildman–Crippen LogP) is -0.0705. The van der Waals surface area contributed by atoms with E-state index in [0.29, 0.717) is 11.1 Å². The monoisotopic (exact) mass is 585 g/mol. The smallest absolute Gasteiger partial charge is 0.326 e. The molecule has 0 aliphatic carbocycles. The lowest BCUT2D eigenvalue weighted by atomic mass is 10.0. The zero-order valence-corrected chi connectivity index (χ0v) is 22.6. The first-order chi connectivity index (χ1) is 19.5. The summed E-state index contributed by atoms with van der Waals surface area (Å²) in [7, 11) is 0. The number of aromatic nitrogens is 1. The van der Waals surface area contributed by atoms with Crippen molar-refractivity contribution in [2.75, 3.05) is 5.75 Å². The van der Waals surface area contributed by atoms with Crippen molar-refractivity contribution in [1.29, 1.82) is 0 Å². The average Bonchev–Trinajstić information content (AvgIpc) is 3.34. The number of nitrogens with one attached hydrogen (secondary N) is 4. The Morgan fingerprint density at radius 1 is 0.829 bits per heavy atom. The minimum absolute atomic E-state index is 0.000849. The molecule has 14 heteroatoms. The van der Waals surface area contributed by atoms with E-state index >= 15 is 0 Å². The number of rotatable bonds is 14. The Bertz CT molecular complexity index is 1410. The van der Waals surface area contributed by atoms with E-state index in [-0.39, 0.29) is 24.3 Å². The van der Waals surface area contributed by atoms with E-state index in [1.165, 1.54) is 24.3 Å². The Hall–Kier alpha value is -4.56. The molecule has 218 valence electrons. The number of thiol groups is 1. The van der Waals surface area contributed by atoms with Gasteiger partial charge in [-0.2, -0.15) is 12.6 Å². The molecule has 3 amide bonds. The molecule has 41 heavy (non-hydrogen) atoms. The van der Waals surface area contributed by atoms with Gasteiger partial charge in [0.05, 0.1) is 12.5 Å². The van der Waals surface area contributed by atoms with Gasteiger partial charge in [-0.15, -0.1) is 0 Å². The summed E-state index contributed by atoms with van der Waals surface area (Å²) in [5, 5.41) is 36.3. The van der Waals surface area contributed by atoms with E-state index in [2.05, 4.69) is 33.6 Å². The lowest BCUT2D eigenvalue weighted by Crippen LogP contribution is -2.58. The molecule has 0 radical (unpaired) electrons. The van der Waals surface area contributed by atoms with Crippen LogP contribution >= 0.6 is 12.6 Å². The molecule has 4 atom stereocenters.